The van der Waals surface area contributed by atoms with E-state index in [9.17, 15) is 0 Å². The van der Waals surface area contributed by atoms with Gasteiger partial charge in [-0.3, -0.25) is 0 Å². The Morgan fingerprint density at radius 1 is 1.14 bits per heavy atom. The summed E-state index contributed by atoms with van der Waals surface area (Å²) in [5.41, 5.74) is 2.33. The van der Waals surface area contributed by atoms with E-state index in [4.69, 9.17) is 9.47 Å². The summed E-state index contributed by atoms with van der Waals surface area (Å²) in [5, 5.41) is 3.56. The van der Waals surface area contributed by atoms with Gasteiger partial charge in [-0.1, -0.05) is 25.1 Å². The number of nitrogens with one attached hydrogen (secondary N) is 1. The first-order valence-electron chi connectivity index (χ1n) is 7.13. The highest BCUT2D eigenvalue weighted by molar-refractivity contribution is 5.36. The molecule has 0 aliphatic carbocycles. The molecule has 0 bridgehead atoms. The fourth-order valence-corrected chi connectivity index (χ4v) is 2.34. The first-order valence-corrected chi connectivity index (χ1v) is 7.13. The molecule has 0 amide bonds. The molecule has 1 atom stereocenters. The Morgan fingerprint density at radius 2 is 1.95 bits per heavy atom. The van der Waals surface area contributed by atoms with Crippen LogP contribution in [0.5, 0.6) is 11.6 Å². The molecule has 0 aliphatic rings. The number of methoxy groups -OCH3 is 2. The number of nitrogens with zero attached hydrogens (tertiary/aromatic N) is 1. The molecule has 0 saturated heterocycles. The normalized spacial score (nSPS) is 12.0. The fourth-order valence-electron chi connectivity index (χ4n) is 2.34. The lowest BCUT2D eigenvalue weighted by molar-refractivity contribution is 0.393. The van der Waals surface area contributed by atoms with Gasteiger partial charge in [-0.25, -0.2) is 4.98 Å². The van der Waals surface area contributed by atoms with E-state index >= 15 is 0 Å². The van der Waals surface area contributed by atoms with Crippen LogP contribution in [0.15, 0.2) is 42.6 Å². The average molecular weight is 286 g/mol. The van der Waals surface area contributed by atoms with Crippen molar-refractivity contribution in [2.75, 3.05) is 14.2 Å². The molecule has 0 fully saturated rings. The molecule has 1 N–H and O–H groups in total. The van der Waals surface area contributed by atoms with Crippen LogP contribution in [0.3, 0.4) is 0 Å². The van der Waals surface area contributed by atoms with Crippen molar-refractivity contribution in [3.8, 4) is 11.6 Å². The highest BCUT2D eigenvalue weighted by atomic mass is 16.5. The van der Waals surface area contributed by atoms with Crippen LogP contribution in [-0.4, -0.2) is 19.2 Å². The van der Waals surface area contributed by atoms with Crippen molar-refractivity contribution >= 4 is 0 Å². The van der Waals surface area contributed by atoms with Gasteiger partial charge in [0.15, 0.2) is 0 Å². The van der Waals surface area contributed by atoms with Crippen molar-refractivity contribution in [2.45, 2.75) is 25.9 Å². The van der Waals surface area contributed by atoms with Crippen LogP contribution in [0.2, 0.25) is 0 Å². The van der Waals surface area contributed by atoms with E-state index in [0.717, 1.165) is 24.3 Å². The Balaban J connectivity index is 2.08. The Hall–Kier alpha value is -2.07. The lowest BCUT2D eigenvalue weighted by Gasteiger charge is -2.20. The van der Waals surface area contributed by atoms with Crippen LogP contribution in [0.25, 0.3) is 0 Å². The van der Waals surface area contributed by atoms with Crippen molar-refractivity contribution in [1.82, 2.24) is 10.3 Å². The topological polar surface area (TPSA) is 43.4 Å². The number of hydrogen-bond acceptors (Lipinski definition) is 4. The molecular weight excluding hydrogens is 264 g/mol. The second kappa shape index (κ2) is 7.64. The van der Waals surface area contributed by atoms with E-state index in [1.165, 1.54) is 5.56 Å². The number of pyridine rings is 1. The smallest absolute Gasteiger partial charge is 0.213 e. The number of para-hydroxylation sites is 1. The molecule has 1 aromatic carbocycles. The minimum atomic E-state index is 0.250. The zero-order valence-electron chi connectivity index (χ0n) is 12.8. The molecule has 0 aliphatic heterocycles. The van der Waals surface area contributed by atoms with Gasteiger partial charge in [-0.15, -0.1) is 0 Å². The molecule has 1 aromatic heterocycles. The van der Waals surface area contributed by atoms with E-state index < -0.39 is 0 Å². The molecule has 0 spiro atoms. The minimum Gasteiger partial charge on any atom is -0.496 e. The fraction of sp³-hybridized carbons (Fsp3) is 0.353. The van der Waals surface area contributed by atoms with E-state index in [1.54, 1.807) is 20.4 Å². The molecule has 1 unspecified atom stereocenters. The summed E-state index contributed by atoms with van der Waals surface area (Å²) < 4.78 is 10.6. The summed E-state index contributed by atoms with van der Waals surface area (Å²) in [6.45, 7) is 2.92. The largest absolute Gasteiger partial charge is 0.496 e. The first-order chi connectivity index (χ1) is 10.3. The summed E-state index contributed by atoms with van der Waals surface area (Å²) in [6.07, 6.45) is 2.75. The summed E-state index contributed by atoms with van der Waals surface area (Å²) in [4.78, 5) is 4.12. The molecular formula is C17H22N2O2. The van der Waals surface area contributed by atoms with E-state index in [0.29, 0.717) is 5.88 Å². The molecule has 1 heterocycles. The van der Waals surface area contributed by atoms with E-state index in [2.05, 4.69) is 23.3 Å². The van der Waals surface area contributed by atoms with E-state index in [1.807, 2.05) is 30.3 Å². The Kier molecular flexibility index (Phi) is 5.58. The quantitative estimate of drug-likeness (QED) is 0.847. The van der Waals surface area contributed by atoms with Gasteiger partial charge in [0.25, 0.3) is 0 Å². The van der Waals surface area contributed by atoms with Crippen LogP contribution >= 0.6 is 0 Å². The molecule has 4 heteroatoms. The monoisotopic (exact) mass is 286 g/mol. The summed E-state index contributed by atoms with van der Waals surface area (Å²) in [6, 6.07) is 12.3. The van der Waals surface area contributed by atoms with Crippen LogP contribution in [-0.2, 0) is 6.54 Å². The molecule has 2 aromatic rings. The summed E-state index contributed by atoms with van der Waals surface area (Å²) in [7, 11) is 3.34. The zero-order chi connectivity index (χ0) is 15.1. The zero-order valence-corrected chi connectivity index (χ0v) is 12.8. The van der Waals surface area contributed by atoms with Crippen molar-refractivity contribution < 1.29 is 9.47 Å². The maximum Gasteiger partial charge on any atom is 0.213 e. The third-order valence-electron chi connectivity index (χ3n) is 3.48. The Labute approximate surface area is 126 Å². The van der Waals surface area contributed by atoms with Gasteiger partial charge < -0.3 is 14.8 Å². The molecule has 112 valence electrons. The van der Waals surface area contributed by atoms with Crippen LogP contribution < -0.4 is 14.8 Å². The van der Waals surface area contributed by atoms with E-state index in [-0.39, 0.29) is 6.04 Å². The van der Waals surface area contributed by atoms with Crippen LogP contribution in [0, 0.1) is 0 Å². The number of hydrogen-bond donors (Lipinski definition) is 1. The maximum atomic E-state index is 5.45. The van der Waals surface area contributed by atoms with Crippen molar-refractivity contribution in [3.05, 3.63) is 53.7 Å². The lowest BCUT2D eigenvalue weighted by Crippen LogP contribution is -2.20. The SMILES string of the molecule is CCC(NCc1ccnc(OC)c1)c1ccccc1OC. The van der Waals surface area contributed by atoms with Crippen molar-refractivity contribution in [2.24, 2.45) is 0 Å². The third-order valence-corrected chi connectivity index (χ3v) is 3.48. The van der Waals surface area contributed by atoms with Gasteiger partial charge in [-0.05, 0) is 24.1 Å². The molecule has 4 nitrogen and oxygen atoms in total. The highest BCUT2D eigenvalue weighted by Crippen LogP contribution is 2.27. The standard InChI is InChI=1S/C17H22N2O2/c1-4-15(14-7-5-6-8-16(14)20-2)19-12-13-9-10-18-17(11-13)21-3/h5-11,15,19H,4,12H2,1-3H3. The number of benzene rings is 1. The van der Waals surface area contributed by atoms with Gasteiger partial charge in [-0.2, -0.15) is 0 Å². The first kappa shape index (κ1) is 15.3. The lowest BCUT2D eigenvalue weighted by atomic mass is 10.0. The highest BCUT2D eigenvalue weighted by Gasteiger charge is 2.13. The van der Waals surface area contributed by atoms with Gasteiger partial charge in [0, 0.05) is 30.4 Å². The van der Waals surface area contributed by atoms with Crippen molar-refractivity contribution in [1.29, 1.82) is 0 Å². The van der Waals surface area contributed by atoms with Crippen LogP contribution in [0.4, 0.5) is 0 Å². The predicted octanol–water partition coefficient (Wildman–Crippen LogP) is 3.34. The second-order valence-corrected chi connectivity index (χ2v) is 4.79. The van der Waals surface area contributed by atoms with Crippen molar-refractivity contribution in [3.63, 3.8) is 0 Å². The number of rotatable bonds is 7. The summed E-state index contributed by atoms with van der Waals surface area (Å²) >= 11 is 0. The maximum absolute atomic E-state index is 5.45. The molecule has 2 rings (SSSR count). The molecule has 21 heavy (non-hydrogen) atoms. The predicted molar refractivity (Wildman–Crippen MR) is 83.7 cm³/mol. The van der Waals surface area contributed by atoms with Gasteiger partial charge in [0.2, 0.25) is 5.88 Å². The number of aromatic nitrogens is 1. The minimum absolute atomic E-state index is 0.250. The van der Waals surface area contributed by atoms with Gasteiger partial charge in [0.1, 0.15) is 5.75 Å². The van der Waals surface area contributed by atoms with Gasteiger partial charge >= 0.3 is 0 Å². The summed E-state index contributed by atoms with van der Waals surface area (Å²) in [5.74, 6) is 1.56. The number of ether oxygens (including phenoxy) is 2. The van der Waals surface area contributed by atoms with Gasteiger partial charge in [0.05, 0.1) is 14.2 Å². The third kappa shape index (κ3) is 3.95. The second-order valence-electron chi connectivity index (χ2n) is 4.79. The Morgan fingerprint density at radius 3 is 2.67 bits per heavy atom. The Bertz CT molecular complexity index is 572. The molecule has 0 radical (unpaired) electrons. The molecule has 0 saturated carbocycles. The average Bonchev–Trinajstić information content (AvgIpc) is 2.56. The van der Waals surface area contributed by atoms with Crippen LogP contribution in [0.1, 0.15) is 30.5 Å².